The predicted molar refractivity (Wildman–Crippen MR) is 139 cm³/mol. The first kappa shape index (κ1) is 22.5. The molecule has 11 heteroatoms. The molecule has 2 amide bonds. The zero-order valence-corrected chi connectivity index (χ0v) is 21.9. The molecule has 6 saturated carbocycles. The number of carbonyl (C=O) groups is 3. The zero-order chi connectivity index (χ0) is 27.3. The van der Waals surface area contributed by atoms with Crippen molar-refractivity contribution in [3.8, 4) is 0 Å². The predicted octanol–water partition coefficient (Wildman–Crippen LogP) is 1.55. The molecule has 6 aliphatic rings. The number of hydrogen-bond acceptors (Lipinski definition) is 7. The smallest absolute Gasteiger partial charge is 0.408 e. The Kier molecular flexibility index (Phi) is 3.88. The highest BCUT2D eigenvalue weighted by Crippen LogP contribution is 3.10. The van der Waals surface area contributed by atoms with Crippen LogP contribution in [0.4, 0.5) is 0 Å². The van der Waals surface area contributed by atoms with Crippen LogP contribution >= 0.6 is 0 Å². The fraction of sp³-hybridized carbons (Fsp3) is 0.448. The van der Waals surface area contributed by atoms with Crippen LogP contribution in [-0.2, 0) is 18.4 Å². The molecular formula is C29H26N6O5. The van der Waals surface area contributed by atoms with Gasteiger partial charge in [0.15, 0.2) is 11.2 Å². The van der Waals surface area contributed by atoms with E-state index in [1.165, 1.54) is 15.1 Å². The molecule has 3 aromatic heterocycles. The van der Waals surface area contributed by atoms with Gasteiger partial charge in [-0.25, -0.2) is 14.3 Å². The molecule has 6 aliphatic carbocycles. The largest absolute Gasteiger partial charge is 0.419 e. The van der Waals surface area contributed by atoms with E-state index >= 15 is 0 Å². The van der Waals surface area contributed by atoms with Crippen molar-refractivity contribution >= 4 is 34.3 Å². The van der Waals surface area contributed by atoms with Crippen molar-refractivity contribution in [3.63, 3.8) is 0 Å². The van der Waals surface area contributed by atoms with Crippen molar-refractivity contribution in [3.05, 3.63) is 64.0 Å². The number of Topliss-reactive ketones (excluding diaryl/α,β-unsaturated/α-hetero) is 1. The van der Waals surface area contributed by atoms with E-state index in [0.717, 1.165) is 5.56 Å². The van der Waals surface area contributed by atoms with E-state index in [9.17, 15) is 19.2 Å². The standard InChI is InChI=1S/C29H26N6O5/c1-3-17(36)29-22-19-23(29)21-24(29)20(22)28(19,21)11-31-26(38)15-9-13(33-18-6-7-32-35(15)18)25(37)30-10-12-4-5-16-14(8-12)34(2)27(39)40-16/h4-9,19-24H,3,10-11H2,1-2H3,(H,30,37)(H,31,38). The van der Waals surface area contributed by atoms with E-state index < -0.39 is 11.7 Å². The van der Waals surface area contributed by atoms with Crippen LogP contribution in [0.1, 0.15) is 39.9 Å². The molecule has 0 radical (unpaired) electrons. The molecule has 10 rings (SSSR count). The number of ketones is 1. The summed E-state index contributed by atoms with van der Waals surface area (Å²) in [6, 6.07) is 8.39. The van der Waals surface area contributed by atoms with Gasteiger partial charge in [0.05, 0.1) is 11.7 Å². The molecule has 11 nitrogen and oxygen atoms in total. The number of hydrogen-bond donors (Lipinski definition) is 2. The highest BCUT2D eigenvalue weighted by Gasteiger charge is 3.10. The molecule has 0 saturated heterocycles. The summed E-state index contributed by atoms with van der Waals surface area (Å²) >= 11 is 0. The van der Waals surface area contributed by atoms with Crippen LogP contribution in [0, 0.1) is 46.3 Å². The molecule has 3 heterocycles. The molecule has 0 bridgehead atoms. The molecule has 1 aromatic carbocycles. The average Bonchev–Trinajstić information content (AvgIpc) is 3.57. The summed E-state index contributed by atoms with van der Waals surface area (Å²) < 4.78 is 8.03. The van der Waals surface area contributed by atoms with Crippen molar-refractivity contribution in [2.24, 2.45) is 53.4 Å². The third-order valence-corrected chi connectivity index (χ3v) is 11.3. The van der Waals surface area contributed by atoms with Gasteiger partial charge in [-0.1, -0.05) is 13.0 Å². The summed E-state index contributed by atoms with van der Waals surface area (Å²) in [7, 11) is 1.63. The quantitative estimate of drug-likeness (QED) is 0.347. The highest BCUT2D eigenvalue weighted by atomic mass is 16.4. The third kappa shape index (κ3) is 2.15. The minimum atomic E-state index is -0.449. The van der Waals surface area contributed by atoms with Gasteiger partial charge in [0.2, 0.25) is 0 Å². The Morgan fingerprint density at radius 3 is 2.48 bits per heavy atom. The molecule has 40 heavy (non-hydrogen) atoms. The number of aryl methyl sites for hydroxylation is 1. The molecule has 4 aromatic rings. The minimum absolute atomic E-state index is 0.0238. The van der Waals surface area contributed by atoms with E-state index in [1.807, 2.05) is 6.92 Å². The maximum Gasteiger partial charge on any atom is 0.419 e. The Morgan fingerprint density at radius 2 is 1.75 bits per heavy atom. The summed E-state index contributed by atoms with van der Waals surface area (Å²) in [4.78, 5) is 55.3. The van der Waals surface area contributed by atoms with Gasteiger partial charge in [-0.2, -0.15) is 5.10 Å². The number of aromatic nitrogens is 4. The Balaban J connectivity index is 0.913. The second-order valence-corrected chi connectivity index (χ2v) is 12.2. The number of amides is 2. The van der Waals surface area contributed by atoms with Crippen LogP contribution in [0.25, 0.3) is 16.7 Å². The van der Waals surface area contributed by atoms with Crippen molar-refractivity contribution < 1.29 is 18.8 Å². The van der Waals surface area contributed by atoms with Crippen molar-refractivity contribution in [2.45, 2.75) is 19.9 Å². The van der Waals surface area contributed by atoms with Gasteiger partial charge in [0, 0.05) is 44.1 Å². The van der Waals surface area contributed by atoms with E-state index in [2.05, 4.69) is 20.7 Å². The molecule has 0 spiro atoms. The van der Waals surface area contributed by atoms with E-state index in [0.29, 0.717) is 71.0 Å². The van der Waals surface area contributed by atoms with Crippen LogP contribution in [0.15, 0.2) is 45.7 Å². The lowest BCUT2D eigenvalue weighted by molar-refractivity contribution is -0.638. The number of nitrogens with zero attached hydrogens (tertiary/aromatic N) is 4. The highest BCUT2D eigenvalue weighted by molar-refractivity contribution is 5.98. The molecule has 0 unspecified atom stereocenters. The Hall–Kier alpha value is -4.28. The number of fused-ring (bicyclic) bond motifs is 2. The first-order valence-electron chi connectivity index (χ1n) is 13.9. The monoisotopic (exact) mass is 538 g/mol. The molecular weight excluding hydrogens is 512 g/mol. The average molecular weight is 539 g/mol. The first-order chi connectivity index (χ1) is 19.3. The number of nitrogens with one attached hydrogen (secondary N) is 2. The number of rotatable bonds is 8. The van der Waals surface area contributed by atoms with Gasteiger partial charge in [-0.05, 0) is 58.6 Å². The second kappa shape index (κ2) is 6.89. The molecule has 0 aliphatic heterocycles. The van der Waals surface area contributed by atoms with Gasteiger partial charge in [-0.3, -0.25) is 19.0 Å². The Bertz CT molecular complexity index is 1860. The summed E-state index contributed by atoms with van der Waals surface area (Å²) in [6.45, 7) is 2.79. The molecule has 0 atom stereocenters. The summed E-state index contributed by atoms with van der Waals surface area (Å²) in [5.41, 5.74) is 2.89. The Morgan fingerprint density at radius 1 is 1.00 bits per heavy atom. The van der Waals surface area contributed by atoms with E-state index in [1.54, 1.807) is 37.5 Å². The first-order valence-corrected chi connectivity index (χ1v) is 13.9. The minimum Gasteiger partial charge on any atom is -0.408 e. The van der Waals surface area contributed by atoms with Gasteiger partial charge in [-0.15, -0.1) is 0 Å². The lowest BCUT2D eigenvalue weighted by Gasteiger charge is -3.11. The SMILES string of the molecule is CCC(=O)C12C3C4C1C1C2C3C41CNC(=O)c1cc(C(=O)NCc2ccc3oc(=O)n(C)c3c2)nc2ccnn12. The van der Waals surface area contributed by atoms with Gasteiger partial charge in [0.25, 0.3) is 11.8 Å². The van der Waals surface area contributed by atoms with E-state index in [-0.39, 0.29) is 34.7 Å². The topological polar surface area (TPSA) is 141 Å². The fourth-order valence-electron chi connectivity index (χ4n) is 10.0. The van der Waals surface area contributed by atoms with Crippen LogP contribution in [-0.4, -0.2) is 43.3 Å². The van der Waals surface area contributed by atoms with Crippen LogP contribution in [0.5, 0.6) is 0 Å². The lowest BCUT2D eigenvalue weighted by atomic mass is 8.92. The number of benzene rings is 1. The van der Waals surface area contributed by atoms with Crippen molar-refractivity contribution in [1.82, 2.24) is 29.8 Å². The maximum atomic E-state index is 13.4. The second-order valence-electron chi connectivity index (χ2n) is 12.2. The van der Waals surface area contributed by atoms with Crippen LogP contribution in [0.3, 0.4) is 0 Å². The number of carbonyl (C=O) groups excluding carboxylic acids is 3. The van der Waals surface area contributed by atoms with Crippen LogP contribution < -0.4 is 16.4 Å². The summed E-state index contributed by atoms with van der Waals surface area (Å²) in [6.07, 6.45) is 2.19. The van der Waals surface area contributed by atoms with Gasteiger partial charge in [0.1, 0.15) is 17.2 Å². The lowest BCUT2D eigenvalue weighted by Crippen LogP contribution is -3.11. The molecule has 202 valence electrons. The normalized spacial score (nSPS) is 34.6. The van der Waals surface area contributed by atoms with Gasteiger partial charge >= 0.3 is 5.76 Å². The van der Waals surface area contributed by atoms with Crippen LogP contribution in [0.2, 0.25) is 0 Å². The zero-order valence-electron chi connectivity index (χ0n) is 21.9. The van der Waals surface area contributed by atoms with Crippen molar-refractivity contribution in [1.29, 1.82) is 0 Å². The third-order valence-electron chi connectivity index (χ3n) is 11.3. The summed E-state index contributed by atoms with van der Waals surface area (Å²) in [5, 5.41) is 10.2. The molecule has 6 fully saturated rings. The maximum absolute atomic E-state index is 13.4. The fourth-order valence-corrected chi connectivity index (χ4v) is 10.0. The van der Waals surface area contributed by atoms with E-state index in [4.69, 9.17) is 4.42 Å². The van der Waals surface area contributed by atoms with Gasteiger partial charge < -0.3 is 15.1 Å². The summed E-state index contributed by atoms with van der Waals surface area (Å²) in [5.74, 6) is 2.76. The van der Waals surface area contributed by atoms with Crippen molar-refractivity contribution in [2.75, 3.05) is 6.54 Å². The molecule has 2 N–H and O–H groups in total. The Labute approximate surface area is 226 Å². The number of oxazole rings is 1.